The molecular formula is C27H25NO5S. The molecule has 0 radical (unpaired) electrons. The Morgan fingerprint density at radius 3 is 2.24 bits per heavy atom. The number of carbonyl (C=O) groups excluding carboxylic acids is 2. The largest absolute Gasteiger partial charge is 0.489 e. The van der Waals surface area contributed by atoms with Crippen molar-refractivity contribution in [2.45, 2.75) is 25.3 Å². The molecule has 0 aliphatic carbocycles. The maximum absolute atomic E-state index is 13.3. The van der Waals surface area contributed by atoms with Crippen LogP contribution in [0.3, 0.4) is 0 Å². The number of nitrogens with zero attached hydrogens (tertiary/aromatic N) is 1. The normalized spacial score (nSPS) is 18.0. The van der Waals surface area contributed by atoms with Crippen molar-refractivity contribution in [2.24, 2.45) is 5.41 Å². The van der Waals surface area contributed by atoms with Gasteiger partial charge in [-0.15, -0.1) is 0 Å². The zero-order valence-corrected chi connectivity index (χ0v) is 19.8. The molecule has 0 N–H and O–H groups in total. The van der Waals surface area contributed by atoms with Crippen molar-refractivity contribution in [1.82, 2.24) is 4.90 Å². The van der Waals surface area contributed by atoms with Gasteiger partial charge in [-0.05, 0) is 42.3 Å². The molecule has 0 bridgehead atoms. The molecule has 174 valence electrons. The molecular weight excluding hydrogens is 450 g/mol. The van der Waals surface area contributed by atoms with Gasteiger partial charge in [0.2, 0.25) is 11.8 Å². The molecule has 6 nitrogen and oxygen atoms in total. The van der Waals surface area contributed by atoms with E-state index in [-0.39, 0.29) is 4.90 Å². The van der Waals surface area contributed by atoms with E-state index in [1.165, 1.54) is 19.1 Å². The van der Waals surface area contributed by atoms with Crippen molar-refractivity contribution in [3.8, 4) is 5.75 Å². The van der Waals surface area contributed by atoms with Gasteiger partial charge >= 0.3 is 0 Å². The molecule has 0 fully saturated rings. The molecule has 0 spiro atoms. The zero-order valence-electron chi connectivity index (χ0n) is 19.0. The molecule has 3 aromatic carbocycles. The van der Waals surface area contributed by atoms with Crippen LogP contribution in [-0.4, -0.2) is 30.9 Å². The Hall–Kier alpha value is -3.71. The van der Waals surface area contributed by atoms with Crippen molar-refractivity contribution in [3.05, 3.63) is 102 Å². The third-order valence-electron chi connectivity index (χ3n) is 5.68. The van der Waals surface area contributed by atoms with E-state index in [1.54, 1.807) is 49.4 Å². The molecule has 0 aromatic heterocycles. The summed E-state index contributed by atoms with van der Waals surface area (Å²) in [5.41, 5.74) is 0.637. The lowest BCUT2D eigenvalue weighted by molar-refractivity contribution is -0.142. The van der Waals surface area contributed by atoms with Crippen LogP contribution in [0.4, 0.5) is 0 Å². The first-order chi connectivity index (χ1) is 16.2. The number of sulfone groups is 1. The van der Waals surface area contributed by atoms with Crippen LogP contribution in [-0.2, 0) is 26.0 Å². The molecule has 34 heavy (non-hydrogen) atoms. The van der Waals surface area contributed by atoms with E-state index in [4.69, 9.17) is 4.74 Å². The Labute approximate surface area is 199 Å². The van der Waals surface area contributed by atoms with E-state index in [0.717, 1.165) is 10.5 Å². The van der Waals surface area contributed by atoms with Gasteiger partial charge in [0.05, 0.1) is 21.8 Å². The van der Waals surface area contributed by atoms with Crippen LogP contribution in [0.5, 0.6) is 5.75 Å². The minimum Gasteiger partial charge on any atom is -0.489 e. The van der Waals surface area contributed by atoms with Gasteiger partial charge < -0.3 is 4.74 Å². The van der Waals surface area contributed by atoms with Crippen molar-refractivity contribution < 1.29 is 22.7 Å². The zero-order chi connectivity index (χ0) is 24.3. The Morgan fingerprint density at radius 1 is 0.941 bits per heavy atom. The Balaban J connectivity index is 1.60. The van der Waals surface area contributed by atoms with Crippen molar-refractivity contribution in [2.75, 3.05) is 5.75 Å². The highest BCUT2D eigenvalue weighted by Gasteiger charge is 2.47. The van der Waals surface area contributed by atoms with Gasteiger partial charge in [0.1, 0.15) is 12.4 Å². The number of hydrogen-bond donors (Lipinski definition) is 0. The van der Waals surface area contributed by atoms with Gasteiger partial charge in [-0.25, -0.2) is 13.3 Å². The summed E-state index contributed by atoms with van der Waals surface area (Å²) in [4.78, 5) is 26.7. The highest BCUT2D eigenvalue weighted by atomic mass is 32.2. The lowest BCUT2D eigenvalue weighted by atomic mass is 9.93. The van der Waals surface area contributed by atoms with Gasteiger partial charge in [0.15, 0.2) is 9.84 Å². The van der Waals surface area contributed by atoms with E-state index in [9.17, 15) is 18.0 Å². The summed E-state index contributed by atoms with van der Waals surface area (Å²) in [6.07, 6.45) is 1.58. The number of amides is 2. The molecule has 1 atom stereocenters. The molecule has 1 unspecified atom stereocenters. The lowest BCUT2D eigenvalue weighted by Crippen LogP contribution is -2.40. The smallest absolute Gasteiger partial charge is 0.244 e. The fourth-order valence-corrected chi connectivity index (χ4v) is 5.75. The predicted octanol–water partition coefficient (Wildman–Crippen LogP) is 4.48. The molecule has 1 heterocycles. The van der Waals surface area contributed by atoms with E-state index >= 15 is 0 Å². The summed E-state index contributed by atoms with van der Waals surface area (Å²) in [6, 6.07) is 24.8. The minimum atomic E-state index is -3.88. The van der Waals surface area contributed by atoms with Crippen LogP contribution < -0.4 is 4.74 Å². The number of carbonyl (C=O) groups is 2. The van der Waals surface area contributed by atoms with Crippen LogP contribution in [0.2, 0.25) is 0 Å². The molecule has 1 aliphatic rings. The maximum Gasteiger partial charge on any atom is 0.244 e. The molecule has 2 amide bonds. The van der Waals surface area contributed by atoms with Crippen LogP contribution >= 0.6 is 0 Å². The summed E-state index contributed by atoms with van der Waals surface area (Å²) in [5.74, 6) is -1.07. The molecule has 7 heteroatoms. The first kappa shape index (κ1) is 23.4. The average Bonchev–Trinajstić information content (AvgIpc) is 3.09. The summed E-state index contributed by atoms with van der Waals surface area (Å²) < 4.78 is 32.5. The molecule has 1 aliphatic heterocycles. The maximum atomic E-state index is 13.3. The third kappa shape index (κ3) is 4.79. The van der Waals surface area contributed by atoms with Gasteiger partial charge in [-0.3, -0.25) is 9.59 Å². The SMILES string of the molecule is CC(=O)N1C(=O)C(C)(CS(=O)(=O)c2cccc(OCc3ccccc3)c2)C=C1c1ccccc1. The standard InChI is InChI=1S/C27H25NO5S/c1-20(29)28-25(22-12-7-4-8-13-22)17-27(2,26(28)30)19-34(31,32)24-15-9-14-23(16-24)33-18-21-10-5-3-6-11-21/h3-17H,18-19H2,1-2H3. The Morgan fingerprint density at radius 2 is 1.59 bits per heavy atom. The number of rotatable bonds is 7. The molecule has 0 saturated carbocycles. The first-order valence-corrected chi connectivity index (χ1v) is 12.5. The highest BCUT2D eigenvalue weighted by molar-refractivity contribution is 7.91. The van der Waals surface area contributed by atoms with Gasteiger partial charge in [-0.1, -0.05) is 66.7 Å². The van der Waals surface area contributed by atoms with Crippen LogP contribution in [0, 0.1) is 5.41 Å². The molecule has 0 saturated heterocycles. The number of hydrogen-bond acceptors (Lipinski definition) is 5. The number of benzene rings is 3. The van der Waals surface area contributed by atoms with Gasteiger partial charge in [0, 0.05) is 6.92 Å². The number of imide groups is 1. The fraction of sp³-hybridized carbons (Fsp3) is 0.185. The molecule has 4 rings (SSSR count). The Kier molecular flexibility index (Phi) is 6.39. The highest BCUT2D eigenvalue weighted by Crippen LogP contribution is 2.40. The minimum absolute atomic E-state index is 0.0584. The van der Waals surface area contributed by atoms with Crippen LogP contribution in [0.25, 0.3) is 5.70 Å². The monoisotopic (exact) mass is 475 g/mol. The van der Waals surface area contributed by atoms with Gasteiger partial charge in [-0.2, -0.15) is 0 Å². The van der Waals surface area contributed by atoms with Crippen molar-refractivity contribution >= 4 is 27.3 Å². The second kappa shape index (κ2) is 9.27. The second-order valence-electron chi connectivity index (χ2n) is 8.48. The Bertz CT molecular complexity index is 1350. The molecule has 3 aromatic rings. The van der Waals surface area contributed by atoms with E-state index in [1.807, 2.05) is 36.4 Å². The van der Waals surface area contributed by atoms with Crippen molar-refractivity contribution in [3.63, 3.8) is 0 Å². The topological polar surface area (TPSA) is 80.8 Å². The summed E-state index contributed by atoms with van der Waals surface area (Å²) >= 11 is 0. The van der Waals surface area contributed by atoms with E-state index in [2.05, 4.69) is 0 Å². The quantitative estimate of drug-likeness (QED) is 0.504. The van der Waals surface area contributed by atoms with E-state index < -0.39 is 32.8 Å². The number of ether oxygens (including phenoxy) is 1. The predicted molar refractivity (Wildman–Crippen MR) is 129 cm³/mol. The average molecular weight is 476 g/mol. The second-order valence-corrected chi connectivity index (χ2v) is 10.5. The summed E-state index contributed by atoms with van der Waals surface area (Å²) in [7, 11) is -3.88. The first-order valence-electron chi connectivity index (χ1n) is 10.8. The van der Waals surface area contributed by atoms with E-state index in [0.29, 0.717) is 23.6 Å². The van der Waals surface area contributed by atoms with Gasteiger partial charge in [0.25, 0.3) is 0 Å². The van der Waals surface area contributed by atoms with Crippen molar-refractivity contribution in [1.29, 1.82) is 0 Å². The van der Waals surface area contributed by atoms with Crippen LogP contribution in [0.1, 0.15) is 25.0 Å². The summed E-state index contributed by atoms with van der Waals surface area (Å²) in [6.45, 7) is 3.15. The third-order valence-corrected chi connectivity index (χ3v) is 7.63. The lowest BCUT2D eigenvalue weighted by Gasteiger charge is -2.23. The summed E-state index contributed by atoms with van der Waals surface area (Å²) in [5, 5.41) is 0. The fourth-order valence-electron chi connectivity index (χ4n) is 4.01. The van der Waals surface area contributed by atoms with Crippen LogP contribution in [0.15, 0.2) is 95.9 Å².